The molecule has 9 heteroatoms. The van der Waals surface area contributed by atoms with E-state index >= 15 is 0 Å². The largest absolute Gasteiger partial charge is 0.417 e. The van der Waals surface area contributed by atoms with Gasteiger partial charge < -0.3 is 15.0 Å². The Morgan fingerprint density at radius 1 is 1.38 bits per heavy atom. The van der Waals surface area contributed by atoms with Crippen molar-refractivity contribution in [3.05, 3.63) is 40.6 Å². The van der Waals surface area contributed by atoms with E-state index in [1.807, 2.05) is 0 Å². The Bertz CT molecular complexity index is 692. The Kier molecular flexibility index (Phi) is 5.70. The van der Waals surface area contributed by atoms with Crippen LogP contribution in [0.4, 0.5) is 18.9 Å². The molecule has 1 aromatic rings. The SMILES string of the molecule is N#C/C(=C/Nc1ccc(Cl)c(C(F)(F)F)c1)C(=O)N1CCOCC1. The molecule has 128 valence electrons. The predicted molar refractivity (Wildman–Crippen MR) is 81.2 cm³/mol. The standard InChI is InChI=1S/C15H13ClF3N3O2/c16-13-2-1-11(7-12(13)15(17,18)19)21-9-10(8-20)14(23)22-3-5-24-6-4-22/h1-2,7,9,21H,3-6H2/b10-9-. The number of hydrogen-bond acceptors (Lipinski definition) is 4. The van der Waals surface area contributed by atoms with Crippen LogP contribution in [0.3, 0.4) is 0 Å². The van der Waals surface area contributed by atoms with E-state index in [1.54, 1.807) is 6.07 Å². The zero-order valence-corrected chi connectivity index (χ0v) is 13.1. The number of alkyl halides is 3. The fourth-order valence-corrected chi connectivity index (χ4v) is 2.29. The number of hydrogen-bond donors (Lipinski definition) is 1. The first-order valence-electron chi connectivity index (χ1n) is 6.93. The van der Waals surface area contributed by atoms with Crippen molar-refractivity contribution >= 4 is 23.2 Å². The smallest absolute Gasteiger partial charge is 0.378 e. The van der Waals surface area contributed by atoms with E-state index in [4.69, 9.17) is 21.6 Å². The minimum absolute atomic E-state index is 0.0641. The van der Waals surface area contributed by atoms with Gasteiger partial charge in [0.05, 0.1) is 23.8 Å². The highest BCUT2D eigenvalue weighted by Crippen LogP contribution is 2.36. The van der Waals surface area contributed by atoms with Crippen LogP contribution < -0.4 is 5.32 Å². The van der Waals surface area contributed by atoms with Crippen LogP contribution >= 0.6 is 11.6 Å². The number of rotatable bonds is 3. The van der Waals surface area contributed by atoms with Gasteiger partial charge in [-0.25, -0.2) is 0 Å². The third-order valence-electron chi connectivity index (χ3n) is 3.30. The molecule has 24 heavy (non-hydrogen) atoms. The summed E-state index contributed by atoms with van der Waals surface area (Å²) >= 11 is 5.53. The molecule has 1 fully saturated rings. The van der Waals surface area contributed by atoms with Crippen molar-refractivity contribution in [3.63, 3.8) is 0 Å². The summed E-state index contributed by atoms with van der Waals surface area (Å²) in [4.78, 5) is 13.6. The number of amides is 1. The molecule has 0 spiro atoms. The fourth-order valence-electron chi connectivity index (χ4n) is 2.07. The second-order valence-corrected chi connectivity index (χ2v) is 5.32. The van der Waals surface area contributed by atoms with Crippen LogP contribution in [-0.2, 0) is 15.7 Å². The number of carbonyl (C=O) groups is 1. The third kappa shape index (κ3) is 4.40. The zero-order valence-electron chi connectivity index (χ0n) is 12.4. The van der Waals surface area contributed by atoms with Crippen molar-refractivity contribution in [2.75, 3.05) is 31.6 Å². The summed E-state index contributed by atoms with van der Waals surface area (Å²) in [5.74, 6) is -0.502. The maximum Gasteiger partial charge on any atom is 0.417 e. The number of carbonyl (C=O) groups excluding carboxylic acids is 1. The van der Waals surface area contributed by atoms with Crippen molar-refractivity contribution in [3.8, 4) is 6.07 Å². The first-order chi connectivity index (χ1) is 11.3. The minimum atomic E-state index is -4.60. The van der Waals surface area contributed by atoms with Crippen LogP contribution in [0.1, 0.15) is 5.56 Å². The van der Waals surface area contributed by atoms with Gasteiger partial charge >= 0.3 is 6.18 Å². The highest BCUT2D eigenvalue weighted by atomic mass is 35.5. The lowest BCUT2D eigenvalue weighted by Crippen LogP contribution is -2.41. The maximum absolute atomic E-state index is 12.8. The monoisotopic (exact) mass is 359 g/mol. The van der Waals surface area contributed by atoms with Gasteiger partial charge in [0.2, 0.25) is 0 Å². The third-order valence-corrected chi connectivity index (χ3v) is 3.63. The number of nitrogens with zero attached hydrogens (tertiary/aromatic N) is 2. The molecular formula is C15H13ClF3N3O2. The number of anilines is 1. The first-order valence-corrected chi connectivity index (χ1v) is 7.31. The molecule has 0 aliphatic carbocycles. The summed E-state index contributed by atoms with van der Waals surface area (Å²) in [6.07, 6.45) is -3.51. The van der Waals surface area contributed by atoms with E-state index < -0.39 is 22.7 Å². The maximum atomic E-state index is 12.8. The Morgan fingerprint density at radius 2 is 2.04 bits per heavy atom. The summed E-state index contributed by atoms with van der Waals surface area (Å²) in [6, 6.07) is 4.97. The lowest BCUT2D eigenvalue weighted by atomic mass is 10.2. The van der Waals surface area contributed by atoms with E-state index in [0.717, 1.165) is 18.3 Å². The zero-order chi connectivity index (χ0) is 17.7. The molecule has 1 aliphatic rings. The van der Waals surface area contributed by atoms with Gasteiger partial charge in [0.1, 0.15) is 11.6 Å². The lowest BCUT2D eigenvalue weighted by Gasteiger charge is -2.26. The highest BCUT2D eigenvalue weighted by molar-refractivity contribution is 6.31. The molecule has 0 aromatic heterocycles. The predicted octanol–water partition coefficient (Wildman–Crippen LogP) is 3.04. The molecule has 0 unspecified atom stereocenters. The van der Waals surface area contributed by atoms with Crippen molar-refractivity contribution in [1.82, 2.24) is 4.90 Å². The van der Waals surface area contributed by atoms with Gasteiger partial charge in [-0.2, -0.15) is 18.4 Å². The quantitative estimate of drug-likeness (QED) is 0.665. The second-order valence-electron chi connectivity index (χ2n) is 4.91. The summed E-state index contributed by atoms with van der Waals surface area (Å²) in [7, 11) is 0. The van der Waals surface area contributed by atoms with Crippen molar-refractivity contribution < 1.29 is 22.7 Å². The number of benzene rings is 1. The minimum Gasteiger partial charge on any atom is -0.378 e. The van der Waals surface area contributed by atoms with Gasteiger partial charge in [-0.3, -0.25) is 4.79 Å². The molecule has 0 saturated carbocycles. The van der Waals surface area contributed by atoms with E-state index in [9.17, 15) is 18.0 Å². The number of nitrogens with one attached hydrogen (secondary N) is 1. The van der Waals surface area contributed by atoms with Crippen LogP contribution in [0.15, 0.2) is 30.0 Å². The lowest BCUT2D eigenvalue weighted by molar-refractivity contribution is -0.137. The van der Waals surface area contributed by atoms with Gasteiger partial charge in [-0.15, -0.1) is 0 Å². The molecule has 1 aromatic carbocycles. The first kappa shape index (κ1) is 18.1. The van der Waals surface area contributed by atoms with E-state index in [-0.39, 0.29) is 11.3 Å². The average molecular weight is 360 g/mol. The van der Waals surface area contributed by atoms with Gasteiger partial charge in [0.25, 0.3) is 5.91 Å². The van der Waals surface area contributed by atoms with Gasteiger partial charge in [0, 0.05) is 25.0 Å². The normalized spacial score (nSPS) is 15.8. The molecule has 2 rings (SSSR count). The highest BCUT2D eigenvalue weighted by Gasteiger charge is 2.33. The summed E-state index contributed by atoms with van der Waals surface area (Å²) in [6.45, 7) is 1.47. The van der Waals surface area contributed by atoms with E-state index in [1.165, 1.54) is 11.0 Å². The van der Waals surface area contributed by atoms with Gasteiger partial charge in [0.15, 0.2) is 0 Å². The second kappa shape index (κ2) is 7.55. The average Bonchev–Trinajstić information content (AvgIpc) is 2.56. The molecule has 0 radical (unpaired) electrons. The Morgan fingerprint density at radius 3 is 2.62 bits per heavy atom. The summed E-state index contributed by atoms with van der Waals surface area (Å²) in [5.41, 5.74) is -1.14. The van der Waals surface area contributed by atoms with Crippen LogP contribution in [0.5, 0.6) is 0 Å². The number of halogens is 4. The number of nitriles is 1. The topological polar surface area (TPSA) is 65.4 Å². The number of morpholine rings is 1. The van der Waals surface area contributed by atoms with Gasteiger partial charge in [-0.05, 0) is 18.2 Å². The Labute approximate surface area is 141 Å². The van der Waals surface area contributed by atoms with Gasteiger partial charge in [-0.1, -0.05) is 11.6 Å². The molecule has 1 amide bonds. The van der Waals surface area contributed by atoms with Crippen LogP contribution in [0.2, 0.25) is 5.02 Å². The van der Waals surface area contributed by atoms with Crippen molar-refractivity contribution in [2.45, 2.75) is 6.18 Å². The Hall–Kier alpha value is -2.24. The molecule has 1 heterocycles. The van der Waals surface area contributed by atoms with E-state index in [0.29, 0.717) is 26.3 Å². The molecular weight excluding hydrogens is 347 g/mol. The van der Waals surface area contributed by atoms with E-state index in [2.05, 4.69) is 5.32 Å². The molecule has 1 N–H and O–H groups in total. The molecule has 0 bridgehead atoms. The fraction of sp³-hybridized carbons (Fsp3) is 0.333. The van der Waals surface area contributed by atoms with Crippen LogP contribution in [0, 0.1) is 11.3 Å². The molecule has 0 atom stereocenters. The van der Waals surface area contributed by atoms with Crippen LogP contribution in [-0.4, -0.2) is 37.1 Å². The summed E-state index contributed by atoms with van der Waals surface area (Å²) < 4.78 is 43.6. The molecule has 5 nitrogen and oxygen atoms in total. The summed E-state index contributed by atoms with van der Waals surface area (Å²) in [5, 5.41) is 11.2. The number of ether oxygens (including phenoxy) is 1. The Balaban J connectivity index is 2.16. The van der Waals surface area contributed by atoms with Crippen molar-refractivity contribution in [1.29, 1.82) is 5.26 Å². The van der Waals surface area contributed by atoms with Crippen LogP contribution in [0.25, 0.3) is 0 Å². The molecule has 1 saturated heterocycles. The molecule has 1 aliphatic heterocycles. The van der Waals surface area contributed by atoms with Crippen molar-refractivity contribution in [2.24, 2.45) is 0 Å².